The topological polar surface area (TPSA) is 89.2 Å². The van der Waals surface area contributed by atoms with Crippen LogP contribution in [0.3, 0.4) is 0 Å². The number of phenols is 1. The molecule has 0 atom stereocenters. The van der Waals surface area contributed by atoms with Gasteiger partial charge < -0.3 is 20.0 Å². The van der Waals surface area contributed by atoms with E-state index in [-0.39, 0.29) is 17.4 Å². The van der Waals surface area contributed by atoms with Crippen LogP contribution in [0.4, 0.5) is 5.69 Å². The average Bonchev–Trinajstić information content (AvgIpc) is 2.77. The lowest BCUT2D eigenvalue weighted by Crippen LogP contribution is -2.31. The molecule has 0 spiro atoms. The van der Waals surface area contributed by atoms with E-state index in [2.05, 4.69) is 9.97 Å². The van der Waals surface area contributed by atoms with Gasteiger partial charge in [0.2, 0.25) is 0 Å². The summed E-state index contributed by atoms with van der Waals surface area (Å²) in [5, 5.41) is 9.41. The normalized spacial score (nSPS) is 10.3. The van der Waals surface area contributed by atoms with Crippen molar-refractivity contribution in [1.82, 2.24) is 9.97 Å². The van der Waals surface area contributed by atoms with Crippen LogP contribution in [-0.2, 0) is 0 Å². The van der Waals surface area contributed by atoms with Crippen LogP contribution in [0.1, 0.15) is 17.4 Å². The van der Waals surface area contributed by atoms with Gasteiger partial charge in [-0.3, -0.25) is 4.79 Å². The predicted octanol–water partition coefficient (Wildman–Crippen LogP) is 1.08. The number of carbonyl (C=O) groups excluding carboxylic acids is 1. The van der Waals surface area contributed by atoms with Gasteiger partial charge in [0.25, 0.3) is 5.91 Å². The van der Waals surface area contributed by atoms with Crippen molar-refractivity contribution in [1.29, 1.82) is 0 Å². The van der Waals surface area contributed by atoms with Gasteiger partial charge in [-0.25, -0.2) is 4.79 Å². The number of nitrogens with zero attached hydrogens (tertiary/aromatic N) is 1. The lowest BCUT2D eigenvalue weighted by atomic mass is 10.2. The molecule has 0 bridgehead atoms. The number of nitrogens with one attached hydrogen (secondary N) is 2. The maximum Gasteiger partial charge on any atom is 0.323 e. The second-order valence-electron chi connectivity index (χ2n) is 3.73. The standard InChI is InChI=1S/C12H13N3O3/c1-2-15(8-4-3-5-9(16)6-8)11(17)10-7-13-12(18)14-10/h3-7,16H,2H2,1H3,(H2,13,14,18). The fourth-order valence-corrected chi connectivity index (χ4v) is 1.70. The van der Waals surface area contributed by atoms with Crippen molar-refractivity contribution in [3.05, 3.63) is 46.6 Å². The number of aromatic hydroxyl groups is 1. The summed E-state index contributed by atoms with van der Waals surface area (Å²) >= 11 is 0. The van der Waals surface area contributed by atoms with Gasteiger partial charge in [0.15, 0.2) is 0 Å². The van der Waals surface area contributed by atoms with E-state index >= 15 is 0 Å². The van der Waals surface area contributed by atoms with Crippen molar-refractivity contribution in [2.75, 3.05) is 11.4 Å². The third-order valence-electron chi connectivity index (χ3n) is 2.53. The molecule has 6 heteroatoms. The van der Waals surface area contributed by atoms with Crippen molar-refractivity contribution < 1.29 is 9.90 Å². The average molecular weight is 247 g/mol. The van der Waals surface area contributed by atoms with Gasteiger partial charge in [-0.1, -0.05) is 6.07 Å². The first kappa shape index (κ1) is 12.0. The number of hydrogen-bond acceptors (Lipinski definition) is 3. The van der Waals surface area contributed by atoms with Crippen LogP contribution in [0.25, 0.3) is 0 Å². The quantitative estimate of drug-likeness (QED) is 0.758. The van der Waals surface area contributed by atoms with Gasteiger partial charge in [0, 0.05) is 24.5 Å². The highest BCUT2D eigenvalue weighted by Gasteiger charge is 2.17. The monoisotopic (exact) mass is 247 g/mol. The molecular formula is C12H13N3O3. The molecule has 0 fully saturated rings. The molecule has 0 unspecified atom stereocenters. The molecule has 0 aliphatic rings. The van der Waals surface area contributed by atoms with Crippen LogP contribution in [0.2, 0.25) is 0 Å². The summed E-state index contributed by atoms with van der Waals surface area (Å²) < 4.78 is 0. The third-order valence-corrected chi connectivity index (χ3v) is 2.53. The number of hydrogen-bond donors (Lipinski definition) is 3. The zero-order valence-corrected chi connectivity index (χ0v) is 9.80. The molecule has 1 aromatic carbocycles. The summed E-state index contributed by atoms with van der Waals surface area (Å²) in [6.07, 6.45) is 1.33. The maximum absolute atomic E-state index is 12.2. The Kier molecular flexibility index (Phi) is 3.18. The molecule has 2 aromatic rings. The van der Waals surface area contributed by atoms with Gasteiger partial charge in [-0.15, -0.1) is 0 Å². The number of phenolic OH excluding ortho intramolecular Hbond substituents is 1. The first-order valence-electron chi connectivity index (χ1n) is 5.50. The molecule has 0 radical (unpaired) electrons. The Bertz CT molecular complexity index is 615. The fourth-order valence-electron chi connectivity index (χ4n) is 1.70. The Balaban J connectivity index is 2.34. The smallest absolute Gasteiger partial charge is 0.323 e. The molecule has 1 aromatic heterocycles. The van der Waals surface area contributed by atoms with E-state index < -0.39 is 5.69 Å². The molecule has 2 rings (SSSR count). The van der Waals surface area contributed by atoms with E-state index in [9.17, 15) is 14.7 Å². The van der Waals surface area contributed by atoms with E-state index in [0.717, 1.165) is 0 Å². The summed E-state index contributed by atoms with van der Waals surface area (Å²) in [7, 11) is 0. The van der Waals surface area contributed by atoms with Crippen molar-refractivity contribution in [2.24, 2.45) is 0 Å². The van der Waals surface area contributed by atoms with Crippen molar-refractivity contribution >= 4 is 11.6 Å². The van der Waals surface area contributed by atoms with Crippen LogP contribution in [0.15, 0.2) is 35.3 Å². The number of amides is 1. The molecule has 1 amide bonds. The predicted molar refractivity (Wildman–Crippen MR) is 66.9 cm³/mol. The minimum Gasteiger partial charge on any atom is -0.508 e. The van der Waals surface area contributed by atoms with Crippen molar-refractivity contribution in [3.63, 3.8) is 0 Å². The van der Waals surface area contributed by atoms with Crippen LogP contribution in [-0.4, -0.2) is 27.5 Å². The van der Waals surface area contributed by atoms with E-state index in [1.807, 2.05) is 6.92 Å². The molecule has 94 valence electrons. The number of carbonyl (C=O) groups is 1. The van der Waals surface area contributed by atoms with E-state index in [0.29, 0.717) is 12.2 Å². The minimum absolute atomic E-state index is 0.0845. The minimum atomic E-state index is -0.426. The highest BCUT2D eigenvalue weighted by atomic mass is 16.3. The first-order chi connectivity index (χ1) is 8.61. The number of rotatable bonds is 3. The van der Waals surface area contributed by atoms with E-state index in [4.69, 9.17) is 0 Å². The molecule has 0 saturated heterocycles. The summed E-state index contributed by atoms with van der Waals surface area (Å²) in [4.78, 5) is 29.4. The van der Waals surface area contributed by atoms with Crippen LogP contribution >= 0.6 is 0 Å². The van der Waals surface area contributed by atoms with Gasteiger partial charge in [-0.2, -0.15) is 0 Å². The number of H-pyrrole nitrogens is 2. The van der Waals surface area contributed by atoms with Crippen LogP contribution in [0.5, 0.6) is 5.75 Å². The number of aromatic nitrogens is 2. The van der Waals surface area contributed by atoms with Crippen molar-refractivity contribution in [3.8, 4) is 5.75 Å². The summed E-state index contributed by atoms with van der Waals surface area (Å²) in [6, 6.07) is 6.39. The fraction of sp³-hybridized carbons (Fsp3) is 0.167. The number of anilines is 1. The zero-order chi connectivity index (χ0) is 13.1. The van der Waals surface area contributed by atoms with E-state index in [1.54, 1.807) is 12.1 Å². The molecule has 0 aliphatic heterocycles. The largest absolute Gasteiger partial charge is 0.508 e. The lowest BCUT2D eigenvalue weighted by Gasteiger charge is -2.20. The number of aromatic amines is 2. The van der Waals surface area contributed by atoms with Crippen LogP contribution in [0, 0.1) is 0 Å². The van der Waals surface area contributed by atoms with E-state index in [1.165, 1.54) is 23.2 Å². The summed E-state index contributed by atoms with van der Waals surface area (Å²) in [6.45, 7) is 2.24. The summed E-state index contributed by atoms with van der Waals surface area (Å²) in [5.41, 5.74) is 0.333. The molecule has 18 heavy (non-hydrogen) atoms. The number of benzene rings is 1. The molecule has 0 aliphatic carbocycles. The molecule has 1 heterocycles. The SMILES string of the molecule is CCN(C(=O)c1c[nH]c(=O)[nH]1)c1cccc(O)c1. The molecule has 3 N–H and O–H groups in total. The first-order valence-corrected chi connectivity index (χ1v) is 5.50. The second-order valence-corrected chi connectivity index (χ2v) is 3.73. The Morgan fingerprint density at radius 2 is 2.22 bits per heavy atom. The van der Waals surface area contributed by atoms with Crippen LogP contribution < -0.4 is 10.6 Å². The maximum atomic E-state index is 12.2. The Labute approximate surface area is 103 Å². The van der Waals surface area contributed by atoms with Gasteiger partial charge >= 0.3 is 5.69 Å². The third kappa shape index (κ3) is 2.27. The Morgan fingerprint density at radius 3 is 2.78 bits per heavy atom. The highest BCUT2D eigenvalue weighted by Crippen LogP contribution is 2.21. The van der Waals surface area contributed by atoms with Crippen molar-refractivity contribution in [2.45, 2.75) is 6.92 Å². The Hall–Kier alpha value is -2.50. The zero-order valence-electron chi connectivity index (χ0n) is 9.80. The molecular weight excluding hydrogens is 234 g/mol. The van der Waals surface area contributed by atoms with Gasteiger partial charge in [-0.05, 0) is 19.1 Å². The lowest BCUT2D eigenvalue weighted by molar-refractivity contribution is 0.0984. The number of imidazole rings is 1. The molecule has 6 nitrogen and oxygen atoms in total. The second kappa shape index (κ2) is 4.79. The Morgan fingerprint density at radius 1 is 1.44 bits per heavy atom. The highest BCUT2D eigenvalue weighted by molar-refractivity contribution is 6.04. The van der Waals surface area contributed by atoms with Gasteiger partial charge in [0.1, 0.15) is 11.4 Å². The molecule has 0 saturated carbocycles. The summed E-state index contributed by atoms with van der Waals surface area (Å²) in [5.74, 6) is -0.247. The van der Waals surface area contributed by atoms with Gasteiger partial charge in [0.05, 0.1) is 0 Å².